The average Bonchev–Trinajstić information content (AvgIpc) is 1.84. The van der Waals surface area contributed by atoms with E-state index in [0.29, 0.717) is 0 Å². The molecule has 0 aliphatic carbocycles. The molecule has 3 nitrogen and oxygen atoms in total. The predicted octanol–water partition coefficient (Wildman–Crippen LogP) is 1.56. The fourth-order valence-electron chi connectivity index (χ4n) is 0.221. The van der Waals surface area contributed by atoms with Crippen LogP contribution in [0.3, 0.4) is 0 Å². The molecule has 0 fully saturated rings. The summed E-state index contributed by atoms with van der Waals surface area (Å²) >= 11 is 0. The molecule has 0 aromatic carbocycles. The van der Waals surface area contributed by atoms with Crippen molar-refractivity contribution in [3.05, 3.63) is 0 Å². The molecule has 0 radical (unpaired) electrons. The van der Waals surface area contributed by atoms with Gasteiger partial charge in [0.1, 0.15) is 0 Å². The lowest BCUT2D eigenvalue weighted by Gasteiger charge is -1.97. The molecule has 9 heavy (non-hydrogen) atoms. The summed E-state index contributed by atoms with van der Waals surface area (Å²) in [5.41, 5.74) is 0.181. The van der Waals surface area contributed by atoms with Crippen LogP contribution < -0.4 is 0 Å². The van der Waals surface area contributed by atoms with Gasteiger partial charge in [0.15, 0.2) is 0 Å². The van der Waals surface area contributed by atoms with Crippen molar-refractivity contribution < 1.29 is 0 Å². The van der Waals surface area contributed by atoms with E-state index in [0.717, 1.165) is 12.4 Å². The molecular formula is C5H10IN3. The highest BCUT2D eigenvalue weighted by atomic mass is 127. The molecule has 0 saturated carbocycles. The number of hydrogen-bond acceptors (Lipinski definition) is 3. The van der Waals surface area contributed by atoms with Gasteiger partial charge in [-0.2, -0.15) is 0 Å². The first-order valence-electron chi connectivity index (χ1n) is 2.32. The van der Waals surface area contributed by atoms with E-state index in [1.165, 1.54) is 0 Å². The Morgan fingerprint density at radius 3 is 2.00 bits per heavy atom. The summed E-state index contributed by atoms with van der Waals surface area (Å²) in [6.07, 6.45) is 2.10. The van der Waals surface area contributed by atoms with Crippen molar-refractivity contribution in [2.75, 3.05) is 0 Å². The molecule has 52 valence electrons. The Hall–Kier alpha value is -0.260. The van der Waals surface area contributed by atoms with Crippen molar-refractivity contribution in [3.8, 4) is 0 Å². The molecule has 0 saturated heterocycles. The summed E-state index contributed by atoms with van der Waals surface area (Å²) in [4.78, 5) is 0. The third kappa shape index (κ3) is 4.26. The molecular weight excluding hydrogens is 229 g/mol. The van der Waals surface area contributed by atoms with Crippen LogP contribution in [-0.2, 0) is 0 Å². The largest absolute Gasteiger partial charge is 0.312 e. The minimum Gasteiger partial charge on any atom is -0.312 e. The quantitative estimate of drug-likeness (QED) is 0.494. The lowest BCUT2D eigenvalue weighted by molar-refractivity contribution is 1.08. The highest BCUT2D eigenvalue weighted by Crippen LogP contribution is 1.87. The van der Waals surface area contributed by atoms with E-state index >= 15 is 0 Å². The zero-order valence-corrected chi connectivity index (χ0v) is 7.47. The van der Waals surface area contributed by atoms with Crippen LogP contribution in [-0.4, -0.2) is 18.1 Å². The molecule has 4 heteroatoms. The molecule has 3 N–H and O–H groups in total. The number of halogens is 1. The second-order valence-corrected chi connectivity index (χ2v) is 1.56. The van der Waals surface area contributed by atoms with Crippen LogP contribution in [0.2, 0.25) is 0 Å². The van der Waals surface area contributed by atoms with Gasteiger partial charge in [0.25, 0.3) is 0 Å². The first kappa shape index (κ1) is 11.5. The Kier molecular flexibility index (Phi) is 7.52. The van der Waals surface area contributed by atoms with E-state index in [1.807, 2.05) is 0 Å². The lowest BCUT2D eigenvalue weighted by atomic mass is 10.1. The number of rotatable bonds is 3. The monoisotopic (exact) mass is 239 g/mol. The SMILES string of the molecule is CC(C=N)C(=N)C=N.I. The zero-order valence-electron chi connectivity index (χ0n) is 5.14. The summed E-state index contributed by atoms with van der Waals surface area (Å²) in [7, 11) is 0. The van der Waals surface area contributed by atoms with Gasteiger partial charge in [-0.25, -0.2) is 0 Å². The van der Waals surface area contributed by atoms with Crippen molar-refractivity contribution in [3.63, 3.8) is 0 Å². The summed E-state index contributed by atoms with van der Waals surface area (Å²) < 4.78 is 0. The fraction of sp³-hybridized carbons (Fsp3) is 0.400. The van der Waals surface area contributed by atoms with Crippen molar-refractivity contribution in [1.29, 1.82) is 16.2 Å². The summed E-state index contributed by atoms with van der Waals surface area (Å²) in [5.74, 6) is -0.201. The van der Waals surface area contributed by atoms with Crippen LogP contribution in [0.5, 0.6) is 0 Å². The molecule has 0 aromatic heterocycles. The van der Waals surface area contributed by atoms with Crippen LogP contribution in [0.15, 0.2) is 0 Å². The van der Waals surface area contributed by atoms with Crippen LogP contribution in [0, 0.1) is 22.1 Å². The third-order valence-corrected chi connectivity index (χ3v) is 0.896. The van der Waals surface area contributed by atoms with Crippen LogP contribution in [0.25, 0.3) is 0 Å². The Morgan fingerprint density at radius 1 is 1.44 bits per heavy atom. The molecule has 0 heterocycles. The van der Waals surface area contributed by atoms with E-state index in [4.69, 9.17) is 16.2 Å². The van der Waals surface area contributed by atoms with E-state index < -0.39 is 0 Å². The van der Waals surface area contributed by atoms with Crippen LogP contribution in [0.1, 0.15) is 6.92 Å². The van der Waals surface area contributed by atoms with Gasteiger partial charge in [-0.05, 0) is 0 Å². The number of hydrogen-bond donors (Lipinski definition) is 3. The average molecular weight is 239 g/mol. The minimum atomic E-state index is -0.201. The first-order valence-corrected chi connectivity index (χ1v) is 2.32. The highest BCUT2D eigenvalue weighted by Gasteiger charge is 1.98. The Bertz CT molecular complexity index is 121. The predicted molar refractivity (Wildman–Crippen MR) is 49.9 cm³/mol. The maximum atomic E-state index is 6.95. The van der Waals surface area contributed by atoms with Crippen molar-refractivity contribution >= 4 is 42.1 Å². The van der Waals surface area contributed by atoms with Crippen molar-refractivity contribution in [1.82, 2.24) is 0 Å². The fourth-order valence-corrected chi connectivity index (χ4v) is 0.221. The minimum absolute atomic E-state index is 0. The maximum absolute atomic E-state index is 6.95. The molecule has 1 atom stereocenters. The molecule has 0 aliphatic heterocycles. The van der Waals surface area contributed by atoms with Gasteiger partial charge in [0.2, 0.25) is 0 Å². The van der Waals surface area contributed by atoms with Gasteiger partial charge in [-0.3, -0.25) is 0 Å². The van der Waals surface area contributed by atoms with E-state index in [1.54, 1.807) is 6.92 Å². The Morgan fingerprint density at radius 2 is 1.89 bits per heavy atom. The first-order chi connectivity index (χ1) is 3.72. The molecule has 0 aliphatic rings. The summed E-state index contributed by atoms with van der Waals surface area (Å²) in [5, 5.41) is 20.2. The lowest BCUT2D eigenvalue weighted by Crippen LogP contribution is -2.10. The second-order valence-electron chi connectivity index (χ2n) is 1.56. The molecule has 1 unspecified atom stereocenters. The van der Waals surface area contributed by atoms with Gasteiger partial charge < -0.3 is 16.2 Å². The van der Waals surface area contributed by atoms with Crippen LogP contribution >= 0.6 is 24.0 Å². The van der Waals surface area contributed by atoms with E-state index in [-0.39, 0.29) is 35.6 Å². The van der Waals surface area contributed by atoms with E-state index in [9.17, 15) is 0 Å². The zero-order chi connectivity index (χ0) is 6.57. The Labute approximate surface area is 71.4 Å². The normalized spacial score (nSPS) is 10.8. The molecule has 0 spiro atoms. The Balaban J connectivity index is 0. The van der Waals surface area contributed by atoms with Crippen LogP contribution in [0.4, 0.5) is 0 Å². The summed E-state index contributed by atoms with van der Waals surface area (Å²) in [6, 6.07) is 0. The second kappa shape index (κ2) is 5.87. The van der Waals surface area contributed by atoms with Gasteiger partial charge in [-0.1, -0.05) is 6.92 Å². The van der Waals surface area contributed by atoms with Gasteiger partial charge in [0, 0.05) is 18.3 Å². The highest BCUT2D eigenvalue weighted by molar-refractivity contribution is 14.0. The van der Waals surface area contributed by atoms with Crippen molar-refractivity contribution in [2.45, 2.75) is 6.92 Å². The van der Waals surface area contributed by atoms with E-state index in [2.05, 4.69) is 0 Å². The molecule has 0 aromatic rings. The van der Waals surface area contributed by atoms with Gasteiger partial charge >= 0.3 is 0 Å². The van der Waals surface area contributed by atoms with Gasteiger partial charge in [-0.15, -0.1) is 24.0 Å². The summed E-state index contributed by atoms with van der Waals surface area (Å²) in [6.45, 7) is 1.71. The standard InChI is InChI=1S/C5H9N3.HI/c1-4(2-6)5(8)3-7;/h2-4,6-8H,1H3;1H. The topological polar surface area (TPSA) is 71.6 Å². The molecule has 0 rings (SSSR count). The smallest absolute Gasteiger partial charge is 0.0570 e. The molecule has 0 amide bonds. The third-order valence-electron chi connectivity index (χ3n) is 0.896. The number of nitrogens with one attached hydrogen (secondary N) is 3. The maximum Gasteiger partial charge on any atom is 0.0570 e. The van der Waals surface area contributed by atoms with Gasteiger partial charge in [0.05, 0.1) is 5.71 Å². The van der Waals surface area contributed by atoms with Crippen molar-refractivity contribution in [2.24, 2.45) is 5.92 Å². The molecule has 0 bridgehead atoms.